The van der Waals surface area contributed by atoms with Crippen molar-refractivity contribution in [1.29, 1.82) is 0 Å². The predicted octanol–water partition coefficient (Wildman–Crippen LogP) is -0.315. The van der Waals surface area contributed by atoms with Crippen LogP contribution in [0.4, 0.5) is 9.18 Å². The Balaban J connectivity index is 2.56. The van der Waals surface area contributed by atoms with Crippen LogP contribution in [0.3, 0.4) is 0 Å². The van der Waals surface area contributed by atoms with Crippen molar-refractivity contribution < 1.29 is 18.9 Å². The number of urea groups is 1. The summed E-state index contributed by atoms with van der Waals surface area (Å²) in [5, 5.41) is 4.56. The fourth-order valence-electron chi connectivity index (χ4n) is 1.58. The predicted molar refractivity (Wildman–Crippen MR) is 69.1 cm³/mol. The Bertz CT molecular complexity index is 448. The second-order valence-corrected chi connectivity index (χ2v) is 4.44. The van der Waals surface area contributed by atoms with Crippen molar-refractivity contribution >= 4 is 11.9 Å². The van der Waals surface area contributed by atoms with Gasteiger partial charge in [-0.3, -0.25) is 10.1 Å². The molecule has 0 bridgehead atoms. The van der Waals surface area contributed by atoms with Gasteiger partial charge < -0.3 is 10.2 Å². The summed E-state index contributed by atoms with van der Waals surface area (Å²) in [5.74, 6) is -0.634. The molecule has 3 amide bonds. The zero-order chi connectivity index (χ0) is 14.4. The molecule has 1 aromatic carbocycles. The van der Waals surface area contributed by atoms with E-state index in [1.807, 2.05) is 7.05 Å². The highest BCUT2D eigenvalue weighted by atomic mass is 19.1. The molecule has 0 radical (unpaired) electrons. The van der Waals surface area contributed by atoms with Crippen molar-refractivity contribution in [1.82, 2.24) is 10.6 Å². The van der Waals surface area contributed by atoms with Crippen molar-refractivity contribution in [2.75, 3.05) is 14.1 Å². The van der Waals surface area contributed by atoms with Crippen LogP contribution >= 0.6 is 0 Å². The van der Waals surface area contributed by atoms with Gasteiger partial charge in [0.2, 0.25) is 0 Å². The topological polar surface area (TPSA) is 62.6 Å². The van der Waals surface area contributed by atoms with Crippen LogP contribution in [0.15, 0.2) is 24.3 Å². The molecule has 0 spiro atoms. The highest BCUT2D eigenvalue weighted by Gasteiger charge is 2.23. The summed E-state index contributed by atoms with van der Waals surface area (Å²) in [7, 11) is 3.29. The van der Waals surface area contributed by atoms with Crippen molar-refractivity contribution in [3.05, 3.63) is 35.6 Å². The molecule has 5 nitrogen and oxygen atoms in total. The second kappa shape index (κ2) is 6.84. The van der Waals surface area contributed by atoms with Crippen molar-refractivity contribution in [3.8, 4) is 0 Å². The van der Waals surface area contributed by atoms with Gasteiger partial charge in [-0.2, -0.15) is 0 Å². The third-order valence-corrected chi connectivity index (χ3v) is 2.99. The summed E-state index contributed by atoms with van der Waals surface area (Å²) in [4.78, 5) is 23.7. The maximum Gasteiger partial charge on any atom is 0.321 e. The summed E-state index contributed by atoms with van der Waals surface area (Å²) in [5.41, 5.74) is 0.929. The van der Waals surface area contributed by atoms with E-state index in [0.717, 1.165) is 10.5 Å². The van der Waals surface area contributed by atoms with Gasteiger partial charge in [-0.15, -0.1) is 0 Å². The van der Waals surface area contributed by atoms with Crippen LogP contribution in [0.2, 0.25) is 0 Å². The van der Waals surface area contributed by atoms with Crippen LogP contribution in [0.1, 0.15) is 12.5 Å². The highest BCUT2D eigenvalue weighted by molar-refractivity contribution is 5.96. The smallest absolute Gasteiger partial charge is 0.321 e. The third-order valence-electron chi connectivity index (χ3n) is 2.99. The quantitative estimate of drug-likeness (QED) is 0.701. The second-order valence-electron chi connectivity index (χ2n) is 4.44. The van der Waals surface area contributed by atoms with Crippen molar-refractivity contribution in [2.24, 2.45) is 0 Å². The molecular weight excluding hydrogens is 249 g/mol. The minimum atomic E-state index is -0.522. The number of benzene rings is 1. The van der Waals surface area contributed by atoms with E-state index < -0.39 is 6.03 Å². The molecule has 0 saturated carbocycles. The maximum atomic E-state index is 12.8. The molecule has 1 unspecified atom stereocenters. The van der Waals surface area contributed by atoms with E-state index in [9.17, 15) is 14.0 Å². The number of rotatable bonds is 4. The Kier molecular flexibility index (Phi) is 5.44. The van der Waals surface area contributed by atoms with Gasteiger partial charge >= 0.3 is 6.03 Å². The minimum Gasteiger partial charge on any atom is -0.341 e. The third kappa shape index (κ3) is 4.67. The van der Waals surface area contributed by atoms with E-state index in [2.05, 4.69) is 10.6 Å². The number of amides is 3. The molecule has 0 heterocycles. The summed E-state index contributed by atoms with van der Waals surface area (Å²) in [6.45, 7) is 2.31. The number of imide groups is 1. The Morgan fingerprint density at radius 3 is 2.42 bits per heavy atom. The fourth-order valence-corrected chi connectivity index (χ4v) is 1.58. The molecule has 0 aliphatic carbocycles. The molecule has 6 heteroatoms. The number of carbonyl (C=O) groups is 2. The zero-order valence-corrected chi connectivity index (χ0v) is 11.3. The first-order chi connectivity index (χ1) is 8.93. The van der Waals surface area contributed by atoms with Gasteiger partial charge in [0, 0.05) is 12.6 Å². The number of halogens is 1. The standard InChI is InChI=1S/C13H18FN3O2/c1-9(12(18)16-13(19)15-2)17(3)8-10-4-6-11(14)7-5-10/h4-7,9H,8H2,1-3H3,(H2,15,16,18,19)/p+1/t9-/m0/s1. The summed E-state index contributed by atoms with van der Waals surface area (Å²) >= 11 is 0. The SMILES string of the molecule is CNC(=O)NC(=O)[C@H](C)[NH+](C)Cc1ccc(F)cc1. The van der Waals surface area contributed by atoms with Gasteiger partial charge in [0.1, 0.15) is 12.4 Å². The Hall–Kier alpha value is -1.95. The lowest BCUT2D eigenvalue weighted by atomic mass is 10.2. The number of hydrogen-bond donors (Lipinski definition) is 3. The summed E-state index contributed by atoms with van der Waals surface area (Å²) in [6.07, 6.45) is 0. The van der Waals surface area contributed by atoms with Gasteiger partial charge in [0.05, 0.1) is 7.05 Å². The highest BCUT2D eigenvalue weighted by Crippen LogP contribution is 2.00. The number of hydrogen-bond acceptors (Lipinski definition) is 2. The lowest BCUT2D eigenvalue weighted by Gasteiger charge is -2.20. The van der Waals surface area contributed by atoms with Gasteiger partial charge in [-0.1, -0.05) is 12.1 Å². The van der Waals surface area contributed by atoms with Crippen LogP contribution in [-0.2, 0) is 11.3 Å². The Morgan fingerprint density at radius 1 is 1.32 bits per heavy atom. The van der Waals surface area contributed by atoms with Crippen molar-refractivity contribution in [3.63, 3.8) is 0 Å². The number of likely N-dealkylation sites (N-methyl/N-ethyl adjacent to an activating group) is 1. The molecule has 0 aliphatic heterocycles. The number of carbonyl (C=O) groups excluding carboxylic acids is 2. The largest absolute Gasteiger partial charge is 0.341 e. The molecule has 0 aromatic heterocycles. The molecule has 19 heavy (non-hydrogen) atoms. The number of nitrogens with one attached hydrogen (secondary N) is 3. The Labute approximate surface area is 111 Å². The van der Waals surface area contributed by atoms with E-state index in [1.54, 1.807) is 19.1 Å². The molecule has 1 rings (SSSR count). The molecule has 0 saturated heterocycles. The average Bonchev–Trinajstić information content (AvgIpc) is 2.40. The van der Waals surface area contributed by atoms with E-state index in [4.69, 9.17) is 0 Å². The van der Waals surface area contributed by atoms with Crippen molar-refractivity contribution in [2.45, 2.75) is 19.5 Å². The molecule has 104 valence electrons. The van der Waals surface area contributed by atoms with Crippen LogP contribution in [0, 0.1) is 5.82 Å². The minimum absolute atomic E-state index is 0.285. The monoisotopic (exact) mass is 268 g/mol. The zero-order valence-electron chi connectivity index (χ0n) is 11.3. The van der Waals surface area contributed by atoms with Gasteiger partial charge in [-0.05, 0) is 19.1 Å². The summed E-state index contributed by atoms with van der Waals surface area (Å²) < 4.78 is 12.8. The molecule has 2 atom stereocenters. The Morgan fingerprint density at radius 2 is 1.89 bits per heavy atom. The first-order valence-electron chi connectivity index (χ1n) is 6.03. The summed E-state index contributed by atoms with van der Waals surface area (Å²) in [6, 6.07) is 5.23. The van der Waals surface area contributed by atoms with Crippen LogP contribution in [0.5, 0.6) is 0 Å². The maximum absolute atomic E-state index is 12.8. The van der Waals surface area contributed by atoms with Crippen LogP contribution < -0.4 is 15.5 Å². The molecular formula is C13H19FN3O2+. The molecule has 1 aromatic rings. The van der Waals surface area contributed by atoms with Gasteiger partial charge in [0.25, 0.3) is 5.91 Å². The molecule has 0 fully saturated rings. The van der Waals surface area contributed by atoms with Gasteiger partial charge in [-0.25, -0.2) is 9.18 Å². The average molecular weight is 268 g/mol. The van der Waals surface area contributed by atoms with E-state index in [1.165, 1.54) is 19.2 Å². The normalized spacial score (nSPS) is 13.5. The van der Waals surface area contributed by atoms with Crippen LogP contribution in [-0.4, -0.2) is 32.1 Å². The van der Waals surface area contributed by atoms with E-state index >= 15 is 0 Å². The fraction of sp³-hybridized carbons (Fsp3) is 0.385. The molecule has 3 N–H and O–H groups in total. The lowest BCUT2D eigenvalue weighted by Crippen LogP contribution is -3.12. The first kappa shape index (κ1) is 15.1. The molecule has 0 aliphatic rings. The van der Waals surface area contributed by atoms with Gasteiger partial charge in [0.15, 0.2) is 6.04 Å². The van der Waals surface area contributed by atoms with E-state index in [-0.39, 0.29) is 17.8 Å². The first-order valence-corrected chi connectivity index (χ1v) is 6.03. The number of quaternary nitrogens is 1. The van der Waals surface area contributed by atoms with Crippen LogP contribution in [0.25, 0.3) is 0 Å². The van der Waals surface area contributed by atoms with E-state index in [0.29, 0.717) is 6.54 Å². The lowest BCUT2D eigenvalue weighted by molar-refractivity contribution is -0.908.